The maximum atomic E-state index is 12.8. The SMILES string of the molecule is O=C(COc1ccc2ccc(=O)oc2c1)NCC(=O)Nc1ccc(F)cc1. The molecule has 0 aliphatic heterocycles. The second-order valence-corrected chi connectivity index (χ2v) is 5.57. The van der Waals surface area contributed by atoms with Crippen LogP contribution in [0.4, 0.5) is 10.1 Å². The number of amides is 2. The van der Waals surface area contributed by atoms with E-state index in [4.69, 9.17) is 9.15 Å². The standard InChI is InChI=1S/C19H15FN2O5/c20-13-3-5-14(6-4-13)22-17(23)10-21-18(24)11-26-15-7-1-12-2-8-19(25)27-16(12)9-15/h1-9H,10-11H2,(H,21,24)(H,22,23). The fraction of sp³-hybridized carbons (Fsp3) is 0.105. The zero-order chi connectivity index (χ0) is 19.2. The maximum absolute atomic E-state index is 12.8. The second kappa shape index (κ2) is 8.13. The molecule has 27 heavy (non-hydrogen) atoms. The van der Waals surface area contributed by atoms with Crippen molar-refractivity contribution in [1.29, 1.82) is 0 Å². The van der Waals surface area contributed by atoms with E-state index in [9.17, 15) is 18.8 Å². The lowest BCUT2D eigenvalue weighted by atomic mass is 10.2. The smallest absolute Gasteiger partial charge is 0.336 e. The van der Waals surface area contributed by atoms with E-state index < -0.39 is 23.3 Å². The van der Waals surface area contributed by atoms with Crippen molar-refractivity contribution in [2.45, 2.75) is 0 Å². The average molecular weight is 370 g/mol. The highest BCUT2D eigenvalue weighted by Gasteiger charge is 2.08. The van der Waals surface area contributed by atoms with Crippen LogP contribution in [0.25, 0.3) is 11.0 Å². The Labute approximate surface area is 152 Å². The third-order valence-electron chi connectivity index (χ3n) is 3.54. The van der Waals surface area contributed by atoms with Crippen molar-refractivity contribution in [1.82, 2.24) is 5.32 Å². The van der Waals surface area contributed by atoms with Crippen molar-refractivity contribution in [3.8, 4) is 5.75 Å². The molecular weight excluding hydrogens is 355 g/mol. The lowest BCUT2D eigenvalue weighted by molar-refractivity contribution is -0.125. The monoisotopic (exact) mass is 370 g/mol. The molecule has 0 unspecified atom stereocenters. The molecule has 0 saturated heterocycles. The second-order valence-electron chi connectivity index (χ2n) is 5.57. The number of ether oxygens (including phenoxy) is 1. The minimum Gasteiger partial charge on any atom is -0.484 e. The Bertz CT molecular complexity index is 1030. The van der Waals surface area contributed by atoms with Crippen molar-refractivity contribution >= 4 is 28.5 Å². The quantitative estimate of drug-likeness (QED) is 0.648. The van der Waals surface area contributed by atoms with Gasteiger partial charge in [-0.1, -0.05) is 0 Å². The Hall–Kier alpha value is -3.68. The lowest BCUT2D eigenvalue weighted by Crippen LogP contribution is -2.35. The first-order chi connectivity index (χ1) is 13.0. The number of fused-ring (bicyclic) bond motifs is 1. The number of anilines is 1. The molecule has 1 aromatic heterocycles. The van der Waals surface area contributed by atoms with Crippen LogP contribution in [-0.2, 0) is 9.59 Å². The summed E-state index contributed by atoms with van der Waals surface area (Å²) in [6, 6.07) is 13.0. The van der Waals surface area contributed by atoms with Gasteiger partial charge in [-0.2, -0.15) is 0 Å². The van der Waals surface area contributed by atoms with E-state index in [2.05, 4.69) is 10.6 Å². The minimum atomic E-state index is -0.501. The van der Waals surface area contributed by atoms with Crippen molar-refractivity contribution < 1.29 is 23.1 Å². The van der Waals surface area contributed by atoms with Crippen molar-refractivity contribution in [2.75, 3.05) is 18.5 Å². The molecule has 0 radical (unpaired) electrons. The highest BCUT2D eigenvalue weighted by Crippen LogP contribution is 2.19. The van der Waals surface area contributed by atoms with E-state index in [-0.39, 0.29) is 13.2 Å². The molecule has 2 amide bonds. The molecule has 0 saturated carbocycles. The number of hydrogen-bond donors (Lipinski definition) is 2. The molecule has 8 heteroatoms. The van der Waals surface area contributed by atoms with Crippen molar-refractivity contribution in [3.63, 3.8) is 0 Å². The fourth-order valence-corrected chi connectivity index (χ4v) is 2.25. The molecular formula is C19H15FN2O5. The number of carbonyl (C=O) groups excluding carboxylic acids is 2. The number of benzene rings is 2. The number of nitrogens with one attached hydrogen (secondary N) is 2. The highest BCUT2D eigenvalue weighted by molar-refractivity contribution is 5.94. The zero-order valence-corrected chi connectivity index (χ0v) is 14.0. The Balaban J connectivity index is 1.47. The third kappa shape index (κ3) is 5.15. The van der Waals surface area contributed by atoms with Crippen LogP contribution in [0.15, 0.2) is 63.8 Å². The molecule has 0 fully saturated rings. The Morgan fingerprint density at radius 2 is 1.74 bits per heavy atom. The van der Waals surface area contributed by atoms with Gasteiger partial charge in [0.1, 0.15) is 17.1 Å². The van der Waals surface area contributed by atoms with E-state index in [0.717, 1.165) is 5.39 Å². The van der Waals surface area contributed by atoms with Crippen LogP contribution in [0.3, 0.4) is 0 Å². The number of rotatable bonds is 6. The summed E-state index contributed by atoms with van der Waals surface area (Å²) in [6.07, 6.45) is 0. The van der Waals surface area contributed by atoms with Gasteiger partial charge in [-0.3, -0.25) is 9.59 Å². The first kappa shape index (κ1) is 18.1. The van der Waals surface area contributed by atoms with Crippen LogP contribution in [0.5, 0.6) is 5.75 Å². The molecule has 2 N–H and O–H groups in total. The van der Waals surface area contributed by atoms with Crippen LogP contribution in [0.1, 0.15) is 0 Å². The highest BCUT2D eigenvalue weighted by atomic mass is 19.1. The normalized spacial score (nSPS) is 10.4. The summed E-state index contributed by atoms with van der Waals surface area (Å²) in [5.41, 5.74) is 0.285. The van der Waals surface area contributed by atoms with Gasteiger partial charge in [-0.05, 0) is 42.5 Å². The summed E-state index contributed by atoms with van der Waals surface area (Å²) in [5.74, 6) is -1.02. The zero-order valence-electron chi connectivity index (χ0n) is 14.0. The fourth-order valence-electron chi connectivity index (χ4n) is 2.25. The predicted octanol–water partition coefficient (Wildman–Crippen LogP) is 2.07. The summed E-state index contributed by atoms with van der Waals surface area (Å²) in [5, 5.41) is 5.65. The average Bonchev–Trinajstić information content (AvgIpc) is 2.66. The van der Waals surface area contributed by atoms with Gasteiger partial charge in [0.25, 0.3) is 5.91 Å². The van der Waals surface area contributed by atoms with Gasteiger partial charge >= 0.3 is 5.63 Å². The first-order valence-corrected chi connectivity index (χ1v) is 7.98. The van der Waals surface area contributed by atoms with Gasteiger partial charge in [0.05, 0.1) is 6.54 Å². The summed E-state index contributed by atoms with van der Waals surface area (Å²) < 4.78 is 23.2. The largest absolute Gasteiger partial charge is 0.484 e. The van der Waals surface area contributed by atoms with Crippen LogP contribution in [0.2, 0.25) is 0 Å². The third-order valence-corrected chi connectivity index (χ3v) is 3.54. The molecule has 138 valence electrons. The van der Waals surface area contributed by atoms with Gasteiger partial charge in [0.2, 0.25) is 5.91 Å². The molecule has 0 aliphatic carbocycles. The van der Waals surface area contributed by atoms with E-state index in [1.54, 1.807) is 18.2 Å². The predicted molar refractivity (Wildman–Crippen MR) is 96.0 cm³/mol. The van der Waals surface area contributed by atoms with Gasteiger partial charge < -0.3 is 19.8 Å². The summed E-state index contributed by atoms with van der Waals surface area (Å²) in [4.78, 5) is 34.8. The summed E-state index contributed by atoms with van der Waals surface area (Å²) in [7, 11) is 0. The molecule has 3 aromatic rings. The molecule has 2 aromatic carbocycles. The minimum absolute atomic E-state index is 0.258. The van der Waals surface area contributed by atoms with Crippen LogP contribution in [-0.4, -0.2) is 25.0 Å². The first-order valence-electron chi connectivity index (χ1n) is 7.98. The Morgan fingerprint density at radius 1 is 1.00 bits per heavy atom. The van der Waals surface area contributed by atoms with Crippen LogP contribution >= 0.6 is 0 Å². The molecule has 0 aliphatic rings. The van der Waals surface area contributed by atoms with Gasteiger partial charge in [-0.25, -0.2) is 9.18 Å². The Morgan fingerprint density at radius 3 is 2.52 bits per heavy atom. The van der Waals surface area contributed by atoms with E-state index in [1.165, 1.54) is 36.4 Å². The topological polar surface area (TPSA) is 97.6 Å². The molecule has 0 atom stereocenters. The Kier molecular flexibility index (Phi) is 5.46. The van der Waals surface area contributed by atoms with Crippen LogP contribution < -0.4 is 21.0 Å². The van der Waals surface area contributed by atoms with Gasteiger partial charge in [0, 0.05) is 23.2 Å². The summed E-state index contributed by atoms with van der Waals surface area (Å²) in [6.45, 7) is -0.571. The van der Waals surface area contributed by atoms with Gasteiger partial charge in [0.15, 0.2) is 6.61 Å². The van der Waals surface area contributed by atoms with Crippen LogP contribution in [0, 0.1) is 5.82 Å². The molecule has 3 rings (SSSR count). The molecule has 1 heterocycles. The molecule has 0 spiro atoms. The maximum Gasteiger partial charge on any atom is 0.336 e. The van der Waals surface area contributed by atoms with Crippen molar-refractivity contribution in [2.24, 2.45) is 0 Å². The van der Waals surface area contributed by atoms with E-state index in [1.807, 2.05) is 0 Å². The number of halogens is 1. The molecule has 0 bridgehead atoms. The molecule has 7 nitrogen and oxygen atoms in total. The van der Waals surface area contributed by atoms with Crippen molar-refractivity contribution in [3.05, 3.63) is 70.8 Å². The number of carbonyl (C=O) groups is 2. The van der Waals surface area contributed by atoms with E-state index >= 15 is 0 Å². The number of hydrogen-bond acceptors (Lipinski definition) is 5. The lowest BCUT2D eigenvalue weighted by Gasteiger charge is -2.08. The van der Waals surface area contributed by atoms with E-state index in [0.29, 0.717) is 17.0 Å². The summed E-state index contributed by atoms with van der Waals surface area (Å²) >= 11 is 0. The van der Waals surface area contributed by atoms with Gasteiger partial charge in [-0.15, -0.1) is 0 Å².